The van der Waals surface area contributed by atoms with Gasteiger partial charge >= 0.3 is 11.9 Å². The zero-order chi connectivity index (χ0) is 19.8. The van der Waals surface area contributed by atoms with Crippen molar-refractivity contribution in [2.75, 3.05) is 21.3 Å². The van der Waals surface area contributed by atoms with Crippen molar-refractivity contribution in [3.63, 3.8) is 0 Å². The fourth-order valence-electron chi connectivity index (χ4n) is 4.31. The lowest BCUT2D eigenvalue weighted by Gasteiger charge is -2.40. The van der Waals surface area contributed by atoms with Gasteiger partial charge in [0.1, 0.15) is 11.5 Å². The Balaban J connectivity index is 2.34. The number of carbonyl (C=O) groups is 2. The third kappa shape index (κ3) is 2.99. The smallest absolute Gasteiger partial charge is 0.312 e. The van der Waals surface area contributed by atoms with Crippen LogP contribution in [0.5, 0.6) is 11.5 Å². The van der Waals surface area contributed by atoms with E-state index < -0.39 is 23.3 Å². The summed E-state index contributed by atoms with van der Waals surface area (Å²) < 4.78 is 16.2. The number of aliphatic carboxylic acids is 1. The maximum absolute atomic E-state index is 12.6. The standard InChI is InChI=1S/C21H24O6/c1-21(20(24)27-4)9-8-12-14(15(21)11-18(22)23)10-17(26-3)13-6-5-7-16(25-2)19(12)13/h5-7,10,15H,8-9,11H2,1-4H3,(H,22,23). The van der Waals surface area contributed by atoms with Crippen molar-refractivity contribution in [2.24, 2.45) is 5.41 Å². The monoisotopic (exact) mass is 372 g/mol. The molecular weight excluding hydrogens is 348 g/mol. The van der Waals surface area contributed by atoms with Gasteiger partial charge in [0, 0.05) is 16.7 Å². The van der Waals surface area contributed by atoms with Crippen LogP contribution >= 0.6 is 0 Å². The molecule has 2 atom stereocenters. The summed E-state index contributed by atoms with van der Waals surface area (Å²) in [6.07, 6.45) is 0.963. The molecule has 1 aliphatic carbocycles. The largest absolute Gasteiger partial charge is 0.496 e. The number of hydrogen-bond acceptors (Lipinski definition) is 5. The molecule has 6 nitrogen and oxygen atoms in total. The number of carboxylic acid groups (broad SMARTS) is 1. The fraction of sp³-hybridized carbons (Fsp3) is 0.429. The maximum atomic E-state index is 12.6. The summed E-state index contributed by atoms with van der Waals surface area (Å²) in [5, 5.41) is 11.3. The molecule has 0 radical (unpaired) electrons. The van der Waals surface area contributed by atoms with Gasteiger partial charge in [0.25, 0.3) is 0 Å². The summed E-state index contributed by atoms with van der Waals surface area (Å²) in [4.78, 5) is 24.2. The first kappa shape index (κ1) is 19.0. The first-order chi connectivity index (χ1) is 12.9. The molecule has 0 fully saturated rings. The van der Waals surface area contributed by atoms with Gasteiger partial charge in [-0.1, -0.05) is 12.1 Å². The van der Waals surface area contributed by atoms with E-state index in [1.165, 1.54) is 7.11 Å². The normalized spacial score (nSPS) is 21.4. The summed E-state index contributed by atoms with van der Waals surface area (Å²) in [5.41, 5.74) is 0.905. The molecule has 0 saturated heterocycles. The number of aryl methyl sites for hydroxylation is 1. The molecule has 27 heavy (non-hydrogen) atoms. The quantitative estimate of drug-likeness (QED) is 0.809. The van der Waals surface area contributed by atoms with Crippen LogP contribution in [0.4, 0.5) is 0 Å². The molecule has 0 saturated carbocycles. The predicted molar refractivity (Wildman–Crippen MR) is 100 cm³/mol. The molecule has 1 aliphatic rings. The van der Waals surface area contributed by atoms with Crippen LogP contribution in [0.15, 0.2) is 24.3 Å². The van der Waals surface area contributed by atoms with E-state index in [0.29, 0.717) is 24.3 Å². The average molecular weight is 372 g/mol. The Kier molecular flexibility index (Phi) is 5.00. The highest BCUT2D eigenvalue weighted by Crippen LogP contribution is 2.52. The van der Waals surface area contributed by atoms with Crippen molar-refractivity contribution in [3.05, 3.63) is 35.4 Å². The maximum Gasteiger partial charge on any atom is 0.312 e. The second kappa shape index (κ2) is 7.10. The average Bonchev–Trinajstić information content (AvgIpc) is 2.67. The molecule has 0 aliphatic heterocycles. The molecule has 0 spiro atoms. The SMILES string of the molecule is COC(=O)C1(C)CCc2c(cc(OC)c3cccc(OC)c23)C1CC(=O)O. The van der Waals surface area contributed by atoms with Gasteiger partial charge < -0.3 is 19.3 Å². The van der Waals surface area contributed by atoms with Gasteiger partial charge in [0.15, 0.2) is 0 Å². The number of methoxy groups -OCH3 is 3. The van der Waals surface area contributed by atoms with E-state index in [0.717, 1.165) is 21.9 Å². The van der Waals surface area contributed by atoms with Gasteiger partial charge in [-0.15, -0.1) is 0 Å². The van der Waals surface area contributed by atoms with Crippen molar-refractivity contribution >= 4 is 22.7 Å². The molecule has 0 heterocycles. The Bertz CT molecular complexity index is 903. The molecule has 2 aromatic rings. The Morgan fingerprint density at radius 2 is 1.89 bits per heavy atom. The highest BCUT2D eigenvalue weighted by Gasteiger charge is 2.47. The number of hydrogen-bond donors (Lipinski definition) is 1. The van der Waals surface area contributed by atoms with E-state index in [1.54, 1.807) is 21.1 Å². The molecule has 6 heteroatoms. The van der Waals surface area contributed by atoms with Crippen LogP contribution in [-0.4, -0.2) is 38.4 Å². The van der Waals surface area contributed by atoms with Crippen molar-refractivity contribution in [1.82, 2.24) is 0 Å². The second-order valence-electron chi connectivity index (χ2n) is 7.09. The summed E-state index contributed by atoms with van der Waals surface area (Å²) >= 11 is 0. The molecular formula is C21H24O6. The molecule has 0 amide bonds. The number of carbonyl (C=O) groups excluding carboxylic acids is 1. The topological polar surface area (TPSA) is 82.1 Å². The van der Waals surface area contributed by atoms with Crippen LogP contribution in [0.25, 0.3) is 10.8 Å². The second-order valence-corrected chi connectivity index (χ2v) is 7.09. The third-order valence-corrected chi connectivity index (χ3v) is 5.74. The van der Waals surface area contributed by atoms with Crippen LogP contribution in [0, 0.1) is 5.41 Å². The number of fused-ring (bicyclic) bond motifs is 3. The minimum Gasteiger partial charge on any atom is -0.496 e. The molecule has 1 N–H and O–H groups in total. The van der Waals surface area contributed by atoms with E-state index >= 15 is 0 Å². The number of carboxylic acids is 1. The van der Waals surface area contributed by atoms with Crippen LogP contribution < -0.4 is 9.47 Å². The van der Waals surface area contributed by atoms with Gasteiger partial charge in [-0.25, -0.2) is 0 Å². The van der Waals surface area contributed by atoms with Crippen molar-refractivity contribution in [2.45, 2.75) is 32.1 Å². The predicted octanol–water partition coefficient (Wildman–Crippen LogP) is 3.54. The lowest BCUT2D eigenvalue weighted by Crippen LogP contribution is -2.40. The van der Waals surface area contributed by atoms with Crippen LogP contribution in [-0.2, 0) is 20.7 Å². The first-order valence-electron chi connectivity index (χ1n) is 8.84. The molecule has 144 valence electrons. The first-order valence-corrected chi connectivity index (χ1v) is 8.84. The summed E-state index contributed by atoms with van der Waals surface area (Å²) in [7, 11) is 4.52. The third-order valence-electron chi connectivity index (χ3n) is 5.74. The Morgan fingerprint density at radius 1 is 1.19 bits per heavy atom. The van der Waals surface area contributed by atoms with Crippen molar-refractivity contribution in [3.8, 4) is 11.5 Å². The van der Waals surface area contributed by atoms with Crippen LogP contribution in [0.1, 0.15) is 36.8 Å². The fourth-order valence-corrected chi connectivity index (χ4v) is 4.31. The number of ether oxygens (including phenoxy) is 3. The van der Waals surface area contributed by atoms with Gasteiger partial charge in [0.05, 0.1) is 33.2 Å². The minimum absolute atomic E-state index is 0.164. The van der Waals surface area contributed by atoms with E-state index in [9.17, 15) is 14.7 Å². The lowest BCUT2D eigenvalue weighted by molar-refractivity contribution is -0.155. The van der Waals surface area contributed by atoms with Gasteiger partial charge in [-0.3, -0.25) is 9.59 Å². The number of esters is 1. The highest BCUT2D eigenvalue weighted by molar-refractivity contribution is 5.97. The summed E-state index contributed by atoms with van der Waals surface area (Å²) in [6.45, 7) is 1.79. The molecule has 3 rings (SSSR count). The summed E-state index contributed by atoms with van der Waals surface area (Å²) in [6, 6.07) is 7.59. The number of benzene rings is 2. The highest BCUT2D eigenvalue weighted by atomic mass is 16.5. The van der Waals surface area contributed by atoms with E-state index in [4.69, 9.17) is 14.2 Å². The zero-order valence-corrected chi connectivity index (χ0v) is 16.0. The van der Waals surface area contributed by atoms with Gasteiger partial charge in [-0.2, -0.15) is 0 Å². The molecule has 0 bridgehead atoms. The van der Waals surface area contributed by atoms with Gasteiger partial charge in [-0.05, 0) is 43.0 Å². The Hall–Kier alpha value is -2.76. The van der Waals surface area contributed by atoms with E-state index in [-0.39, 0.29) is 6.42 Å². The Labute approximate surface area is 158 Å². The zero-order valence-electron chi connectivity index (χ0n) is 16.0. The van der Waals surface area contributed by atoms with Crippen LogP contribution in [0.2, 0.25) is 0 Å². The number of rotatable bonds is 5. The van der Waals surface area contributed by atoms with E-state index in [2.05, 4.69) is 0 Å². The van der Waals surface area contributed by atoms with Gasteiger partial charge in [0.2, 0.25) is 0 Å². The van der Waals surface area contributed by atoms with Crippen LogP contribution in [0.3, 0.4) is 0 Å². The summed E-state index contributed by atoms with van der Waals surface area (Å²) in [5.74, 6) is -0.527. The molecule has 0 aromatic heterocycles. The lowest BCUT2D eigenvalue weighted by atomic mass is 9.63. The van der Waals surface area contributed by atoms with Crippen molar-refractivity contribution in [1.29, 1.82) is 0 Å². The van der Waals surface area contributed by atoms with E-state index in [1.807, 2.05) is 24.3 Å². The Morgan fingerprint density at radius 3 is 2.48 bits per heavy atom. The van der Waals surface area contributed by atoms with Crippen molar-refractivity contribution < 1.29 is 28.9 Å². The molecule has 2 aromatic carbocycles. The minimum atomic E-state index is -0.956. The molecule has 2 unspecified atom stereocenters.